The van der Waals surface area contributed by atoms with E-state index in [1.54, 1.807) is 24.3 Å². The van der Waals surface area contributed by atoms with Gasteiger partial charge in [-0.05, 0) is 35.9 Å². The number of hydrogen-bond acceptors (Lipinski definition) is 3. The Morgan fingerprint density at radius 2 is 1.88 bits per heavy atom. The number of nitrogens with zero attached hydrogens (tertiary/aromatic N) is 1. The molecule has 0 amide bonds. The predicted molar refractivity (Wildman–Crippen MR) is 95.4 cm³/mol. The van der Waals surface area contributed by atoms with Gasteiger partial charge in [-0.15, -0.1) is 0 Å². The molecule has 1 N–H and O–H groups in total. The van der Waals surface area contributed by atoms with Crippen LogP contribution in [0.5, 0.6) is 0 Å². The molecule has 0 spiro atoms. The molecular formula is C16H14BrClF3NO3S. The first kappa shape index (κ1) is 21.2. The van der Waals surface area contributed by atoms with E-state index < -0.39 is 39.3 Å². The Labute approximate surface area is 162 Å². The molecule has 0 aliphatic rings. The average Bonchev–Trinajstić information content (AvgIpc) is 2.53. The summed E-state index contributed by atoms with van der Waals surface area (Å²) in [6.07, 6.45) is -6.11. The maximum absolute atomic E-state index is 13.2. The molecule has 1 unspecified atom stereocenters. The van der Waals surface area contributed by atoms with Crippen LogP contribution in [0, 0.1) is 0 Å². The summed E-state index contributed by atoms with van der Waals surface area (Å²) < 4.78 is 66.2. The van der Waals surface area contributed by atoms with Crippen molar-refractivity contribution in [1.29, 1.82) is 0 Å². The lowest BCUT2D eigenvalue weighted by molar-refractivity contribution is -0.139. The molecule has 26 heavy (non-hydrogen) atoms. The quantitative estimate of drug-likeness (QED) is 0.698. The summed E-state index contributed by atoms with van der Waals surface area (Å²) in [7, 11) is -3.40. The average molecular weight is 473 g/mol. The van der Waals surface area contributed by atoms with Crippen LogP contribution in [0.3, 0.4) is 0 Å². The van der Waals surface area contributed by atoms with E-state index in [9.17, 15) is 26.7 Å². The van der Waals surface area contributed by atoms with Crippen LogP contribution >= 0.6 is 27.5 Å². The lowest BCUT2D eigenvalue weighted by Crippen LogP contribution is -2.32. The molecule has 0 aromatic heterocycles. The molecule has 10 heteroatoms. The normalized spacial score (nSPS) is 13.8. The molecule has 0 heterocycles. The summed E-state index contributed by atoms with van der Waals surface area (Å²) in [6, 6.07) is 8.99. The number of alkyl halides is 3. The van der Waals surface area contributed by atoms with E-state index in [1.807, 2.05) is 0 Å². The van der Waals surface area contributed by atoms with Gasteiger partial charge in [-0.3, -0.25) is 0 Å². The Morgan fingerprint density at radius 1 is 1.23 bits per heavy atom. The number of sulfonamides is 1. The van der Waals surface area contributed by atoms with Gasteiger partial charge in [0.15, 0.2) is 0 Å². The fourth-order valence-electron chi connectivity index (χ4n) is 2.28. The standard InChI is InChI=1S/C16H14BrClF3NO3S/c1-22(9-14(23)10-3-2-4-11(17)7-10)26(24,25)15-6-5-12(18)8-13(15)16(19,20)21/h2-8,14,23H,9H2,1H3. The number of hydrogen-bond donors (Lipinski definition) is 1. The van der Waals surface area contributed by atoms with E-state index in [2.05, 4.69) is 15.9 Å². The first-order valence-corrected chi connectivity index (χ1v) is 9.80. The van der Waals surface area contributed by atoms with Gasteiger partial charge >= 0.3 is 6.18 Å². The van der Waals surface area contributed by atoms with Gasteiger partial charge in [0.25, 0.3) is 0 Å². The minimum absolute atomic E-state index is 0.229. The molecular weight excluding hydrogens is 459 g/mol. The first-order valence-electron chi connectivity index (χ1n) is 7.19. The van der Waals surface area contributed by atoms with Crippen molar-refractivity contribution in [3.8, 4) is 0 Å². The highest BCUT2D eigenvalue weighted by Gasteiger charge is 2.39. The molecule has 142 valence electrons. The molecule has 1 atom stereocenters. The van der Waals surface area contributed by atoms with Crippen LogP contribution in [0.2, 0.25) is 5.02 Å². The van der Waals surface area contributed by atoms with Gasteiger partial charge in [0.2, 0.25) is 10.0 Å². The minimum atomic E-state index is -4.89. The third-order valence-corrected chi connectivity index (χ3v) is 6.21. The lowest BCUT2D eigenvalue weighted by Gasteiger charge is -2.23. The second kappa shape index (κ2) is 7.85. The highest BCUT2D eigenvalue weighted by molar-refractivity contribution is 9.10. The number of likely N-dealkylation sites (N-methyl/N-ethyl adjacent to an activating group) is 1. The monoisotopic (exact) mass is 471 g/mol. The highest BCUT2D eigenvalue weighted by atomic mass is 79.9. The molecule has 0 saturated heterocycles. The molecule has 2 rings (SSSR count). The third-order valence-electron chi connectivity index (χ3n) is 3.60. The third kappa shape index (κ3) is 4.77. The van der Waals surface area contributed by atoms with E-state index in [0.29, 0.717) is 20.4 Å². The molecule has 0 fully saturated rings. The van der Waals surface area contributed by atoms with Crippen LogP contribution in [0.1, 0.15) is 17.2 Å². The topological polar surface area (TPSA) is 57.6 Å². The Bertz CT molecular complexity index is 906. The van der Waals surface area contributed by atoms with E-state index in [1.165, 1.54) is 0 Å². The smallest absolute Gasteiger partial charge is 0.387 e. The minimum Gasteiger partial charge on any atom is -0.387 e. The second-order valence-corrected chi connectivity index (χ2v) is 8.86. The molecule has 2 aromatic carbocycles. The number of benzene rings is 2. The van der Waals surface area contributed by atoms with Gasteiger partial charge < -0.3 is 5.11 Å². The first-order chi connectivity index (χ1) is 11.9. The second-order valence-electron chi connectivity index (χ2n) is 5.49. The zero-order valence-corrected chi connectivity index (χ0v) is 16.5. The van der Waals surface area contributed by atoms with Gasteiger partial charge in [0, 0.05) is 23.1 Å². The molecule has 0 aliphatic carbocycles. The van der Waals surface area contributed by atoms with Crippen molar-refractivity contribution in [2.45, 2.75) is 17.2 Å². The van der Waals surface area contributed by atoms with Crippen molar-refractivity contribution in [3.05, 3.63) is 63.1 Å². The summed E-state index contributed by atoms with van der Waals surface area (Å²) in [4.78, 5) is -0.918. The SMILES string of the molecule is CN(CC(O)c1cccc(Br)c1)S(=O)(=O)c1ccc(Cl)cc1C(F)(F)F. The van der Waals surface area contributed by atoms with Crippen LogP contribution < -0.4 is 0 Å². The van der Waals surface area contributed by atoms with Gasteiger partial charge in [-0.1, -0.05) is 39.7 Å². The van der Waals surface area contributed by atoms with Gasteiger partial charge in [-0.25, -0.2) is 8.42 Å². The van der Waals surface area contributed by atoms with E-state index in [4.69, 9.17) is 11.6 Å². The fraction of sp³-hybridized carbons (Fsp3) is 0.250. The van der Waals surface area contributed by atoms with Crippen molar-refractivity contribution in [1.82, 2.24) is 4.31 Å². The summed E-state index contributed by atoms with van der Waals surface area (Å²) in [5.74, 6) is 0. The number of halogens is 5. The maximum atomic E-state index is 13.2. The Morgan fingerprint density at radius 3 is 2.46 bits per heavy atom. The van der Waals surface area contributed by atoms with Crippen molar-refractivity contribution >= 4 is 37.6 Å². The van der Waals surface area contributed by atoms with Crippen LogP contribution in [0.15, 0.2) is 51.8 Å². The fourth-order valence-corrected chi connectivity index (χ4v) is 4.23. The molecule has 2 aromatic rings. The zero-order chi connectivity index (χ0) is 19.7. The number of aliphatic hydroxyl groups is 1. The largest absolute Gasteiger partial charge is 0.417 e. The van der Waals surface area contributed by atoms with Gasteiger partial charge in [0.1, 0.15) is 0 Å². The molecule has 0 aliphatic heterocycles. The van der Waals surface area contributed by atoms with Crippen LogP contribution in [-0.2, 0) is 16.2 Å². The van der Waals surface area contributed by atoms with Crippen molar-refractivity contribution in [2.75, 3.05) is 13.6 Å². The van der Waals surface area contributed by atoms with Crippen LogP contribution in [-0.4, -0.2) is 31.4 Å². The summed E-state index contributed by atoms with van der Waals surface area (Å²) in [5.41, 5.74) is -0.928. The molecule has 0 bridgehead atoms. The van der Waals surface area contributed by atoms with E-state index >= 15 is 0 Å². The Balaban J connectivity index is 2.35. The van der Waals surface area contributed by atoms with Gasteiger partial charge in [0.05, 0.1) is 16.6 Å². The van der Waals surface area contributed by atoms with E-state index in [0.717, 1.165) is 19.2 Å². The molecule has 0 saturated carbocycles. The van der Waals surface area contributed by atoms with Crippen molar-refractivity contribution < 1.29 is 26.7 Å². The predicted octanol–water partition coefficient (Wildman–Crippen LogP) is 4.48. The zero-order valence-electron chi connectivity index (χ0n) is 13.3. The Kier molecular flexibility index (Phi) is 6.40. The number of aliphatic hydroxyl groups excluding tert-OH is 1. The van der Waals surface area contributed by atoms with Crippen LogP contribution in [0.25, 0.3) is 0 Å². The van der Waals surface area contributed by atoms with Crippen LogP contribution in [0.4, 0.5) is 13.2 Å². The summed E-state index contributed by atoms with van der Waals surface area (Å²) in [5, 5.41) is 10.0. The van der Waals surface area contributed by atoms with Gasteiger partial charge in [-0.2, -0.15) is 17.5 Å². The highest BCUT2D eigenvalue weighted by Crippen LogP contribution is 2.37. The Hall–Kier alpha value is -1.13. The maximum Gasteiger partial charge on any atom is 0.417 e. The van der Waals surface area contributed by atoms with E-state index in [-0.39, 0.29) is 5.02 Å². The van der Waals surface area contributed by atoms with Crippen molar-refractivity contribution in [2.24, 2.45) is 0 Å². The summed E-state index contributed by atoms with van der Waals surface area (Å²) >= 11 is 8.81. The summed E-state index contributed by atoms with van der Waals surface area (Å²) in [6.45, 7) is -0.418. The number of rotatable bonds is 5. The molecule has 0 radical (unpaired) electrons. The lowest BCUT2D eigenvalue weighted by atomic mass is 10.1. The van der Waals surface area contributed by atoms with Crippen molar-refractivity contribution in [3.63, 3.8) is 0 Å². The molecule has 4 nitrogen and oxygen atoms in total.